The van der Waals surface area contributed by atoms with Crippen LogP contribution in [0.3, 0.4) is 0 Å². The van der Waals surface area contributed by atoms with Gasteiger partial charge in [-0.1, -0.05) is 19.4 Å². The predicted molar refractivity (Wildman–Crippen MR) is 69.0 cm³/mol. The number of hydrogen-bond acceptors (Lipinski definition) is 4. The third-order valence-corrected chi connectivity index (χ3v) is 2.09. The summed E-state index contributed by atoms with van der Waals surface area (Å²) in [5, 5.41) is 3.20. The van der Waals surface area contributed by atoms with E-state index < -0.39 is 0 Å². The Labute approximate surface area is 104 Å². The van der Waals surface area contributed by atoms with Crippen LogP contribution in [0.2, 0.25) is 0 Å². The van der Waals surface area contributed by atoms with Crippen LogP contribution in [0, 0.1) is 0 Å². The fourth-order valence-electron chi connectivity index (χ4n) is 1.18. The molecule has 4 heteroatoms. The van der Waals surface area contributed by atoms with Crippen molar-refractivity contribution in [3.05, 3.63) is 12.2 Å². The van der Waals surface area contributed by atoms with Crippen LogP contribution in [0.25, 0.3) is 0 Å². The number of ether oxygens (including phenoxy) is 2. The Hall–Kier alpha value is -0.870. The third kappa shape index (κ3) is 13.1. The minimum Gasteiger partial charge on any atom is -0.463 e. The molecule has 0 fully saturated rings. The van der Waals surface area contributed by atoms with Crippen molar-refractivity contribution in [3.63, 3.8) is 0 Å². The van der Waals surface area contributed by atoms with Crippen molar-refractivity contribution in [2.24, 2.45) is 0 Å². The molecule has 0 rings (SSSR count). The van der Waals surface area contributed by atoms with Crippen LogP contribution >= 0.6 is 0 Å². The Morgan fingerprint density at radius 3 is 2.71 bits per heavy atom. The molecule has 0 aromatic rings. The van der Waals surface area contributed by atoms with E-state index in [2.05, 4.69) is 12.2 Å². The lowest BCUT2D eigenvalue weighted by Gasteiger charge is -2.03. The molecule has 0 radical (unpaired) electrons. The molecular weight excluding hydrogens is 218 g/mol. The molecule has 0 amide bonds. The fraction of sp³-hybridized carbons (Fsp3) is 0.769. The molecule has 0 aromatic heterocycles. The van der Waals surface area contributed by atoms with Gasteiger partial charge in [0, 0.05) is 25.8 Å². The molecule has 0 spiro atoms. The van der Waals surface area contributed by atoms with Crippen LogP contribution in [0.5, 0.6) is 0 Å². The Morgan fingerprint density at radius 1 is 1.24 bits per heavy atom. The van der Waals surface area contributed by atoms with Gasteiger partial charge in [0.15, 0.2) is 0 Å². The van der Waals surface area contributed by atoms with Gasteiger partial charge in [-0.2, -0.15) is 0 Å². The van der Waals surface area contributed by atoms with Crippen LogP contribution in [0.4, 0.5) is 0 Å². The zero-order valence-corrected chi connectivity index (χ0v) is 11.0. The topological polar surface area (TPSA) is 47.6 Å². The number of esters is 1. The first kappa shape index (κ1) is 16.1. The first-order valence-electron chi connectivity index (χ1n) is 6.43. The molecule has 0 heterocycles. The van der Waals surface area contributed by atoms with Crippen LogP contribution in [0.15, 0.2) is 12.2 Å². The van der Waals surface area contributed by atoms with Gasteiger partial charge in [0.2, 0.25) is 0 Å². The molecule has 0 bridgehead atoms. The smallest absolute Gasteiger partial charge is 0.330 e. The minimum absolute atomic E-state index is 0.280. The van der Waals surface area contributed by atoms with E-state index in [4.69, 9.17) is 9.47 Å². The van der Waals surface area contributed by atoms with Crippen LogP contribution in [-0.2, 0) is 14.3 Å². The predicted octanol–water partition coefficient (Wildman–Crippen LogP) is 1.90. The van der Waals surface area contributed by atoms with Crippen molar-refractivity contribution < 1.29 is 14.3 Å². The van der Waals surface area contributed by atoms with Crippen LogP contribution < -0.4 is 5.32 Å². The average Bonchev–Trinajstić information content (AvgIpc) is 2.32. The minimum atomic E-state index is -0.280. The third-order valence-electron chi connectivity index (χ3n) is 2.09. The molecule has 17 heavy (non-hydrogen) atoms. The van der Waals surface area contributed by atoms with Gasteiger partial charge in [-0.15, -0.1) is 0 Å². The number of carbonyl (C=O) groups is 1. The highest BCUT2D eigenvalue weighted by Gasteiger charge is 1.92. The summed E-state index contributed by atoms with van der Waals surface area (Å²) in [5.74, 6) is -0.280. The fourth-order valence-corrected chi connectivity index (χ4v) is 1.18. The van der Waals surface area contributed by atoms with Crippen molar-refractivity contribution in [2.75, 3.05) is 32.9 Å². The largest absolute Gasteiger partial charge is 0.463 e. The zero-order valence-electron chi connectivity index (χ0n) is 11.0. The van der Waals surface area contributed by atoms with E-state index in [1.807, 2.05) is 0 Å². The highest BCUT2D eigenvalue weighted by atomic mass is 16.5. The van der Waals surface area contributed by atoms with Gasteiger partial charge in [-0.05, 0) is 26.3 Å². The van der Waals surface area contributed by atoms with Crippen molar-refractivity contribution in [1.82, 2.24) is 5.32 Å². The summed E-state index contributed by atoms with van der Waals surface area (Å²) in [4.78, 5) is 10.9. The van der Waals surface area contributed by atoms with E-state index in [1.165, 1.54) is 12.5 Å². The summed E-state index contributed by atoms with van der Waals surface area (Å²) in [7, 11) is 0. The zero-order chi connectivity index (χ0) is 12.8. The number of hydrogen-bond donors (Lipinski definition) is 1. The second-order valence-corrected chi connectivity index (χ2v) is 3.68. The molecule has 0 aliphatic rings. The molecule has 0 unspecified atom stereocenters. The maximum absolute atomic E-state index is 10.9. The van der Waals surface area contributed by atoms with Gasteiger partial charge >= 0.3 is 5.97 Å². The summed E-state index contributed by atoms with van der Waals surface area (Å²) in [6, 6.07) is 0. The Balaban J connectivity index is 3.15. The molecule has 0 aliphatic heterocycles. The highest BCUT2D eigenvalue weighted by Crippen LogP contribution is 1.89. The average molecular weight is 243 g/mol. The highest BCUT2D eigenvalue weighted by molar-refractivity contribution is 5.81. The quantitative estimate of drug-likeness (QED) is 0.342. The van der Waals surface area contributed by atoms with Crippen molar-refractivity contribution in [2.45, 2.75) is 33.1 Å². The van der Waals surface area contributed by atoms with Gasteiger partial charge in [0.1, 0.15) is 0 Å². The van der Waals surface area contributed by atoms with Crippen LogP contribution in [-0.4, -0.2) is 38.9 Å². The lowest BCUT2D eigenvalue weighted by atomic mass is 10.3. The maximum Gasteiger partial charge on any atom is 0.330 e. The number of rotatable bonds is 11. The van der Waals surface area contributed by atoms with Gasteiger partial charge in [-0.3, -0.25) is 0 Å². The maximum atomic E-state index is 10.9. The Kier molecular flexibility index (Phi) is 12.5. The van der Waals surface area contributed by atoms with Crippen molar-refractivity contribution in [3.8, 4) is 0 Å². The SMILES string of the molecule is CCCCOCCCNC/C=C/C(=O)OCC. The van der Waals surface area contributed by atoms with E-state index >= 15 is 0 Å². The first-order valence-corrected chi connectivity index (χ1v) is 6.43. The van der Waals surface area contributed by atoms with E-state index in [0.29, 0.717) is 13.2 Å². The molecule has 100 valence electrons. The Bertz CT molecular complexity index is 205. The normalized spacial score (nSPS) is 10.9. The second-order valence-electron chi connectivity index (χ2n) is 3.68. The molecule has 0 saturated carbocycles. The number of unbranched alkanes of at least 4 members (excludes halogenated alkanes) is 1. The standard InChI is InChI=1S/C13H25NO3/c1-3-5-11-16-12-7-10-14-9-6-8-13(15)17-4-2/h6,8,14H,3-5,7,9-12H2,1-2H3/b8-6+. The number of nitrogens with one attached hydrogen (secondary N) is 1. The van der Waals surface area contributed by atoms with E-state index in [0.717, 1.165) is 32.6 Å². The summed E-state index contributed by atoms with van der Waals surface area (Å²) < 4.78 is 10.2. The summed E-state index contributed by atoms with van der Waals surface area (Å²) in [5.41, 5.74) is 0. The van der Waals surface area contributed by atoms with Crippen LogP contribution in [0.1, 0.15) is 33.1 Å². The van der Waals surface area contributed by atoms with Gasteiger partial charge in [0.25, 0.3) is 0 Å². The first-order chi connectivity index (χ1) is 8.31. The van der Waals surface area contributed by atoms with E-state index in [-0.39, 0.29) is 5.97 Å². The summed E-state index contributed by atoms with van der Waals surface area (Å²) in [6.45, 7) is 7.62. The molecule has 4 nitrogen and oxygen atoms in total. The molecule has 0 atom stereocenters. The van der Waals surface area contributed by atoms with E-state index in [9.17, 15) is 4.79 Å². The monoisotopic (exact) mass is 243 g/mol. The van der Waals surface area contributed by atoms with Crippen molar-refractivity contribution >= 4 is 5.97 Å². The number of carbonyl (C=O) groups excluding carboxylic acids is 1. The lowest BCUT2D eigenvalue weighted by Crippen LogP contribution is -2.17. The lowest BCUT2D eigenvalue weighted by molar-refractivity contribution is -0.137. The van der Waals surface area contributed by atoms with E-state index in [1.54, 1.807) is 13.0 Å². The summed E-state index contributed by atoms with van der Waals surface area (Å²) >= 11 is 0. The Morgan fingerprint density at radius 2 is 2.00 bits per heavy atom. The molecular formula is C13H25NO3. The molecule has 0 saturated heterocycles. The summed E-state index contributed by atoms with van der Waals surface area (Å²) in [6.07, 6.45) is 6.54. The molecule has 0 aliphatic carbocycles. The van der Waals surface area contributed by atoms with Gasteiger partial charge < -0.3 is 14.8 Å². The molecule has 0 aromatic carbocycles. The second kappa shape index (κ2) is 13.2. The molecule has 1 N–H and O–H groups in total. The van der Waals surface area contributed by atoms with Crippen molar-refractivity contribution in [1.29, 1.82) is 0 Å². The van der Waals surface area contributed by atoms with Gasteiger partial charge in [0.05, 0.1) is 6.61 Å². The van der Waals surface area contributed by atoms with Gasteiger partial charge in [-0.25, -0.2) is 4.79 Å².